The normalized spacial score (nSPS) is 10.9. The highest BCUT2D eigenvalue weighted by molar-refractivity contribution is 6.00. The van der Waals surface area contributed by atoms with Gasteiger partial charge in [0.1, 0.15) is 11.3 Å². The van der Waals surface area contributed by atoms with Crippen LogP contribution in [0.3, 0.4) is 0 Å². The quantitative estimate of drug-likeness (QED) is 0.547. The summed E-state index contributed by atoms with van der Waals surface area (Å²) < 4.78 is 7.04. The van der Waals surface area contributed by atoms with Crippen LogP contribution in [0.15, 0.2) is 48.9 Å². The SMILES string of the molecule is CCOC(=O)c1ccn2cc(-c3cccc(C)n3)nc2c1-c1ccnc(N)n1. The van der Waals surface area contributed by atoms with Gasteiger partial charge in [-0.3, -0.25) is 4.98 Å². The fraction of sp³-hybridized carbons (Fsp3) is 0.150. The summed E-state index contributed by atoms with van der Waals surface area (Å²) in [5.41, 5.74) is 10.0. The zero-order chi connectivity index (χ0) is 19.7. The Labute approximate surface area is 161 Å². The lowest BCUT2D eigenvalue weighted by atomic mass is 10.1. The Morgan fingerprint density at radius 3 is 2.71 bits per heavy atom. The molecular weight excluding hydrogens is 356 g/mol. The van der Waals surface area contributed by atoms with Gasteiger partial charge in [-0.25, -0.2) is 19.7 Å². The number of aryl methyl sites for hydroxylation is 1. The summed E-state index contributed by atoms with van der Waals surface area (Å²) >= 11 is 0. The van der Waals surface area contributed by atoms with Crippen molar-refractivity contribution in [2.45, 2.75) is 13.8 Å². The number of pyridine rings is 2. The molecule has 8 heteroatoms. The van der Waals surface area contributed by atoms with Crippen LogP contribution >= 0.6 is 0 Å². The molecule has 4 heterocycles. The van der Waals surface area contributed by atoms with Crippen molar-refractivity contribution in [1.29, 1.82) is 0 Å². The van der Waals surface area contributed by atoms with E-state index in [2.05, 4.69) is 15.0 Å². The molecule has 0 atom stereocenters. The van der Waals surface area contributed by atoms with Crippen LogP contribution in [0, 0.1) is 6.92 Å². The number of fused-ring (bicyclic) bond motifs is 1. The van der Waals surface area contributed by atoms with Crippen molar-refractivity contribution in [3.05, 3.63) is 60.2 Å². The molecule has 0 fully saturated rings. The van der Waals surface area contributed by atoms with E-state index in [1.54, 1.807) is 31.5 Å². The molecule has 0 aromatic carbocycles. The second-order valence-electron chi connectivity index (χ2n) is 6.15. The highest BCUT2D eigenvalue weighted by Crippen LogP contribution is 2.29. The molecule has 0 aliphatic carbocycles. The van der Waals surface area contributed by atoms with E-state index >= 15 is 0 Å². The first-order chi connectivity index (χ1) is 13.6. The van der Waals surface area contributed by atoms with Crippen LogP contribution in [0.25, 0.3) is 28.3 Å². The zero-order valence-electron chi connectivity index (χ0n) is 15.5. The molecule has 0 amide bonds. The van der Waals surface area contributed by atoms with Crippen LogP contribution in [0.5, 0.6) is 0 Å². The number of hydrogen-bond acceptors (Lipinski definition) is 7. The molecule has 0 spiro atoms. The summed E-state index contributed by atoms with van der Waals surface area (Å²) in [4.78, 5) is 30.0. The molecule has 0 aliphatic rings. The maximum Gasteiger partial charge on any atom is 0.339 e. The third-order valence-corrected chi connectivity index (χ3v) is 4.20. The van der Waals surface area contributed by atoms with E-state index in [0.717, 1.165) is 11.4 Å². The van der Waals surface area contributed by atoms with Crippen LogP contribution in [0.4, 0.5) is 5.95 Å². The number of nitrogens with two attached hydrogens (primary N) is 1. The Morgan fingerprint density at radius 1 is 1.11 bits per heavy atom. The number of hydrogen-bond donors (Lipinski definition) is 1. The molecule has 28 heavy (non-hydrogen) atoms. The lowest BCUT2D eigenvalue weighted by molar-refractivity contribution is 0.0527. The van der Waals surface area contributed by atoms with E-state index in [9.17, 15) is 4.79 Å². The Kier molecular flexibility index (Phi) is 4.44. The van der Waals surface area contributed by atoms with Gasteiger partial charge in [-0.05, 0) is 38.1 Å². The number of carbonyl (C=O) groups is 1. The molecule has 4 rings (SSSR count). The van der Waals surface area contributed by atoms with Crippen LogP contribution in [-0.4, -0.2) is 36.9 Å². The molecule has 0 radical (unpaired) electrons. The summed E-state index contributed by atoms with van der Waals surface area (Å²) in [6, 6.07) is 9.12. The lowest BCUT2D eigenvalue weighted by Crippen LogP contribution is -2.09. The van der Waals surface area contributed by atoms with E-state index < -0.39 is 5.97 Å². The predicted octanol–water partition coefficient (Wildman–Crippen LogP) is 2.92. The van der Waals surface area contributed by atoms with Crippen molar-refractivity contribution in [2.75, 3.05) is 12.3 Å². The van der Waals surface area contributed by atoms with Crippen molar-refractivity contribution in [3.63, 3.8) is 0 Å². The second-order valence-corrected chi connectivity index (χ2v) is 6.15. The van der Waals surface area contributed by atoms with Crippen molar-refractivity contribution in [3.8, 4) is 22.6 Å². The molecule has 4 aromatic rings. The third-order valence-electron chi connectivity index (χ3n) is 4.20. The van der Waals surface area contributed by atoms with E-state index in [1.165, 1.54) is 0 Å². The van der Waals surface area contributed by atoms with Crippen molar-refractivity contribution in [1.82, 2.24) is 24.3 Å². The Morgan fingerprint density at radius 2 is 1.96 bits per heavy atom. The number of aromatic nitrogens is 5. The molecule has 8 nitrogen and oxygen atoms in total. The Bertz CT molecular complexity index is 1180. The van der Waals surface area contributed by atoms with Crippen LogP contribution in [0.2, 0.25) is 0 Å². The van der Waals surface area contributed by atoms with Gasteiger partial charge < -0.3 is 14.9 Å². The van der Waals surface area contributed by atoms with Gasteiger partial charge >= 0.3 is 5.97 Å². The van der Waals surface area contributed by atoms with Gasteiger partial charge in [-0.2, -0.15) is 0 Å². The average Bonchev–Trinajstić information content (AvgIpc) is 3.11. The highest BCUT2D eigenvalue weighted by atomic mass is 16.5. The van der Waals surface area contributed by atoms with E-state index in [1.807, 2.05) is 35.7 Å². The van der Waals surface area contributed by atoms with Gasteiger partial charge in [0.2, 0.25) is 5.95 Å². The topological polar surface area (TPSA) is 108 Å². The summed E-state index contributed by atoms with van der Waals surface area (Å²) in [7, 11) is 0. The summed E-state index contributed by atoms with van der Waals surface area (Å²) in [6.45, 7) is 3.95. The predicted molar refractivity (Wildman–Crippen MR) is 105 cm³/mol. The van der Waals surface area contributed by atoms with Crippen LogP contribution in [-0.2, 0) is 4.74 Å². The number of rotatable bonds is 4. The van der Waals surface area contributed by atoms with Crippen LogP contribution < -0.4 is 5.73 Å². The van der Waals surface area contributed by atoms with Crippen molar-refractivity contribution in [2.24, 2.45) is 0 Å². The monoisotopic (exact) mass is 374 g/mol. The smallest absolute Gasteiger partial charge is 0.339 e. The fourth-order valence-electron chi connectivity index (χ4n) is 3.00. The minimum absolute atomic E-state index is 0.112. The molecule has 0 unspecified atom stereocenters. The van der Waals surface area contributed by atoms with Crippen LogP contribution in [0.1, 0.15) is 23.0 Å². The van der Waals surface area contributed by atoms with Crippen molar-refractivity contribution >= 4 is 17.6 Å². The maximum absolute atomic E-state index is 12.5. The molecular formula is C20H18N6O2. The molecule has 0 saturated heterocycles. The van der Waals surface area contributed by atoms with E-state index in [0.29, 0.717) is 28.2 Å². The number of nitrogen functional groups attached to an aromatic ring is 1. The largest absolute Gasteiger partial charge is 0.462 e. The maximum atomic E-state index is 12.5. The number of esters is 1. The third kappa shape index (κ3) is 3.16. The molecule has 0 bridgehead atoms. The molecule has 4 aromatic heterocycles. The first-order valence-corrected chi connectivity index (χ1v) is 8.78. The Balaban J connectivity index is 1.98. The zero-order valence-corrected chi connectivity index (χ0v) is 15.5. The number of imidazole rings is 1. The number of anilines is 1. The number of ether oxygens (including phenoxy) is 1. The van der Waals surface area contributed by atoms with Gasteiger partial charge in [0.25, 0.3) is 0 Å². The minimum atomic E-state index is -0.449. The molecule has 0 aliphatic heterocycles. The van der Waals surface area contributed by atoms with Gasteiger partial charge in [0.05, 0.1) is 29.1 Å². The first-order valence-electron chi connectivity index (χ1n) is 8.78. The summed E-state index contributed by atoms with van der Waals surface area (Å²) in [5.74, 6) is -0.336. The fourth-order valence-corrected chi connectivity index (χ4v) is 3.00. The number of nitrogens with zero attached hydrogens (tertiary/aromatic N) is 5. The van der Waals surface area contributed by atoms with E-state index in [4.69, 9.17) is 15.5 Å². The van der Waals surface area contributed by atoms with Gasteiger partial charge in [-0.1, -0.05) is 6.07 Å². The average molecular weight is 374 g/mol. The standard InChI is InChI=1S/C20H18N6O2/c1-3-28-19(27)13-8-10-26-11-16(14-6-4-5-12(2)23-14)24-18(26)17(13)15-7-9-22-20(21)25-15/h4-11H,3H2,1-2H3,(H2,21,22,25). The molecule has 2 N–H and O–H groups in total. The second kappa shape index (κ2) is 7.07. The Hall–Kier alpha value is -3.81. The first kappa shape index (κ1) is 17.6. The van der Waals surface area contributed by atoms with Crippen molar-refractivity contribution < 1.29 is 9.53 Å². The number of carbonyl (C=O) groups excluding carboxylic acids is 1. The molecule has 140 valence electrons. The summed E-state index contributed by atoms with van der Waals surface area (Å²) in [6.07, 6.45) is 5.17. The molecule has 0 saturated carbocycles. The highest BCUT2D eigenvalue weighted by Gasteiger charge is 2.21. The summed E-state index contributed by atoms with van der Waals surface area (Å²) in [5, 5.41) is 0. The minimum Gasteiger partial charge on any atom is -0.462 e. The van der Waals surface area contributed by atoms with Gasteiger partial charge in [0, 0.05) is 24.3 Å². The lowest BCUT2D eigenvalue weighted by Gasteiger charge is -2.10. The van der Waals surface area contributed by atoms with Gasteiger partial charge in [-0.15, -0.1) is 0 Å². The van der Waals surface area contributed by atoms with Gasteiger partial charge in [0.15, 0.2) is 0 Å². The van der Waals surface area contributed by atoms with E-state index in [-0.39, 0.29) is 12.6 Å².